The van der Waals surface area contributed by atoms with Crippen LogP contribution in [0.5, 0.6) is 0 Å². The molecule has 0 spiro atoms. The molecule has 0 fully saturated rings. The molecule has 0 aromatic rings. The maximum absolute atomic E-state index is 12.8. The molecule has 0 saturated carbocycles. The molecule has 13 heteroatoms. The van der Waals surface area contributed by atoms with Crippen LogP contribution in [-0.4, -0.2) is 59.7 Å². The van der Waals surface area contributed by atoms with E-state index < -0.39 is 46.9 Å². The normalized spacial score (nSPS) is 28.4. The highest BCUT2D eigenvalue weighted by molar-refractivity contribution is 8.07. The van der Waals surface area contributed by atoms with E-state index in [0.29, 0.717) is 18.3 Å². The van der Waals surface area contributed by atoms with Gasteiger partial charge in [0.2, 0.25) is 11.5 Å². The number of rotatable bonds is 4. The van der Waals surface area contributed by atoms with Crippen LogP contribution in [0, 0.1) is 0 Å². The first-order chi connectivity index (χ1) is 11.0. The van der Waals surface area contributed by atoms with Gasteiger partial charge in [0.25, 0.3) is 20.2 Å². The van der Waals surface area contributed by atoms with Gasteiger partial charge in [0.1, 0.15) is 4.91 Å². The second-order valence-electron chi connectivity index (χ2n) is 5.34. The summed E-state index contributed by atoms with van der Waals surface area (Å²) in [5.74, 6) is -1.08. The predicted molar refractivity (Wildman–Crippen MR) is 85.6 cm³/mol. The van der Waals surface area contributed by atoms with Gasteiger partial charge in [0, 0.05) is 0 Å². The lowest BCUT2D eigenvalue weighted by Gasteiger charge is -2.34. The molecule has 132 valence electrons. The molecular weight excluding hydrogens is 382 g/mol. The molecule has 2 heterocycles. The maximum Gasteiger partial charge on any atom is 0.305 e. The molecule has 10 nitrogen and oxygen atoms in total. The molecule has 2 N–H and O–H groups in total. The lowest BCUT2D eigenvalue weighted by molar-refractivity contribution is -0.789. The van der Waals surface area contributed by atoms with Crippen molar-refractivity contribution >= 4 is 41.9 Å². The molecule has 0 aromatic heterocycles. The van der Waals surface area contributed by atoms with Gasteiger partial charge in [-0.05, 0) is 19.9 Å². The van der Waals surface area contributed by atoms with Crippen molar-refractivity contribution in [3.63, 3.8) is 0 Å². The molecule has 2 aliphatic heterocycles. The molecule has 0 bridgehead atoms. The number of amidine groups is 1. The van der Waals surface area contributed by atoms with Crippen molar-refractivity contribution < 1.29 is 35.2 Å². The molecular formula is C11H14N3O7S3+. The van der Waals surface area contributed by atoms with Crippen molar-refractivity contribution in [2.24, 2.45) is 9.57 Å². The van der Waals surface area contributed by atoms with E-state index in [2.05, 4.69) is 9.57 Å². The number of ketones is 1. The Labute approximate surface area is 140 Å². The zero-order chi connectivity index (χ0) is 18.1. The monoisotopic (exact) mass is 396 g/mol. The molecule has 2 atom stereocenters. The van der Waals surface area contributed by atoms with Crippen molar-refractivity contribution in [2.75, 3.05) is 13.1 Å². The van der Waals surface area contributed by atoms with Crippen LogP contribution < -0.4 is 0 Å². The van der Waals surface area contributed by atoms with Gasteiger partial charge in [-0.2, -0.15) is 16.8 Å². The standard InChI is InChI=1S/C11H13N3O7S3/c1-3-14(4-2)8-6(22-11(14)12-13-22)5-7(23(16,17)18)10(9(8)15)24(19,20)21/h5,10H,3-4H2,1-2H3,(H-,16,17,18,19,20,21)/p+1. The Morgan fingerprint density at radius 2 is 1.79 bits per heavy atom. The summed E-state index contributed by atoms with van der Waals surface area (Å²) in [7, 11) is -11.1. The first-order valence-electron chi connectivity index (χ1n) is 6.84. The third-order valence-corrected chi connectivity index (χ3v) is 8.21. The third-order valence-electron chi connectivity index (χ3n) is 4.30. The smallest absolute Gasteiger partial charge is 0.286 e. The highest BCUT2D eigenvalue weighted by Gasteiger charge is 2.60. The van der Waals surface area contributed by atoms with Crippen molar-refractivity contribution in [2.45, 2.75) is 19.1 Å². The summed E-state index contributed by atoms with van der Waals surface area (Å²) in [6.45, 7) is 4.32. The molecule has 0 aromatic carbocycles. The van der Waals surface area contributed by atoms with E-state index in [-0.39, 0.29) is 15.1 Å². The van der Waals surface area contributed by atoms with E-state index in [1.165, 1.54) is 0 Å². The lowest BCUT2D eigenvalue weighted by atomic mass is 10.1. The second-order valence-corrected chi connectivity index (χ2v) is 9.80. The molecule has 24 heavy (non-hydrogen) atoms. The average Bonchev–Trinajstić information content (AvgIpc) is 2.60. The number of carbonyl (C=O) groups is 1. The van der Waals surface area contributed by atoms with Crippen LogP contribution in [0.1, 0.15) is 13.8 Å². The highest BCUT2D eigenvalue weighted by Crippen LogP contribution is 2.44. The van der Waals surface area contributed by atoms with Crippen LogP contribution in [0.4, 0.5) is 0 Å². The van der Waals surface area contributed by atoms with Crippen molar-refractivity contribution in [3.8, 4) is 0 Å². The molecule has 0 radical (unpaired) electrons. The number of hydrogen-bond acceptors (Lipinski definition) is 7. The van der Waals surface area contributed by atoms with Gasteiger partial charge in [0.05, 0.1) is 28.7 Å². The largest absolute Gasteiger partial charge is 0.305 e. The van der Waals surface area contributed by atoms with Gasteiger partial charge in [-0.15, -0.1) is 4.47 Å². The first kappa shape index (κ1) is 17.6. The van der Waals surface area contributed by atoms with Crippen LogP contribution in [-0.2, 0) is 35.7 Å². The molecule has 3 rings (SSSR count). The zero-order valence-corrected chi connectivity index (χ0v) is 15.0. The van der Waals surface area contributed by atoms with E-state index in [4.69, 9.17) is 0 Å². The minimum Gasteiger partial charge on any atom is -0.286 e. The highest BCUT2D eigenvalue weighted by atomic mass is 32.2. The Balaban J connectivity index is 2.36. The minimum absolute atomic E-state index is 0.0396. The maximum atomic E-state index is 12.8. The Morgan fingerprint density at radius 3 is 2.17 bits per heavy atom. The fourth-order valence-electron chi connectivity index (χ4n) is 3.13. The summed E-state index contributed by atoms with van der Waals surface area (Å²) in [5, 5.41) is 2.10. The summed E-state index contributed by atoms with van der Waals surface area (Å²) >= 11 is 0. The third kappa shape index (κ3) is 2.12. The van der Waals surface area contributed by atoms with Crippen LogP contribution >= 0.6 is 0 Å². The predicted octanol–water partition coefficient (Wildman–Crippen LogP) is -0.234. The summed E-state index contributed by atoms with van der Waals surface area (Å²) in [5.41, 5.74) is 0.0540. The van der Waals surface area contributed by atoms with E-state index in [1.54, 1.807) is 13.8 Å². The number of likely N-dealkylation sites (N-methyl/N-ethyl adjacent to an activating group) is 1. The van der Waals surface area contributed by atoms with E-state index in [0.717, 1.165) is 6.08 Å². The van der Waals surface area contributed by atoms with E-state index in [9.17, 15) is 30.7 Å². The number of hydrogen-bond donors (Lipinski definition) is 2. The van der Waals surface area contributed by atoms with Gasteiger partial charge in [-0.3, -0.25) is 13.9 Å². The lowest BCUT2D eigenvalue weighted by Crippen LogP contribution is -2.54. The van der Waals surface area contributed by atoms with Crippen LogP contribution in [0.25, 0.3) is 0 Å². The van der Waals surface area contributed by atoms with Gasteiger partial charge in [-0.1, -0.05) is 5.10 Å². The summed E-state index contributed by atoms with van der Waals surface area (Å²) in [4.78, 5) is 12.0. The number of quaternary nitrogens is 1. The molecule has 3 aliphatic rings. The Bertz CT molecular complexity index is 997. The topological polar surface area (TPSA) is 151 Å². The number of carbonyl (C=O) groups excluding carboxylic acids is 1. The average molecular weight is 396 g/mol. The van der Waals surface area contributed by atoms with E-state index in [1.807, 2.05) is 0 Å². The fraction of sp³-hybridized carbons (Fsp3) is 0.455. The van der Waals surface area contributed by atoms with Crippen molar-refractivity contribution in [1.82, 2.24) is 0 Å². The van der Waals surface area contributed by atoms with Gasteiger partial charge >= 0.3 is 5.17 Å². The molecule has 1 aliphatic carbocycles. The van der Waals surface area contributed by atoms with Crippen molar-refractivity contribution in [3.05, 3.63) is 21.6 Å². The Kier molecular flexibility index (Phi) is 3.75. The van der Waals surface area contributed by atoms with Crippen LogP contribution in [0.2, 0.25) is 0 Å². The zero-order valence-electron chi connectivity index (χ0n) is 12.6. The van der Waals surface area contributed by atoms with Gasteiger partial charge < -0.3 is 0 Å². The van der Waals surface area contributed by atoms with Gasteiger partial charge in [-0.25, -0.2) is 4.48 Å². The van der Waals surface area contributed by atoms with E-state index >= 15 is 0 Å². The van der Waals surface area contributed by atoms with Gasteiger partial charge in [0.15, 0.2) is 5.25 Å². The quantitative estimate of drug-likeness (QED) is 0.492. The molecule has 0 amide bonds. The Morgan fingerprint density at radius 1 is 1.21 bits per heavy atom. The Hall–Kier alpha value is -1.25. The summed E-state index contributed by atoms with van der Waals surface area (Å²) in [6.07, 6.45) is 0.928. The fourth-order valence-corrected chi connectivity index (χ4v) is 7.22. The number of fused-ring (bicyclic) bond motifs is 2. The SMILES string of the molecule is CC[N+]1(CC)C2=NN=S2C2=C1C(=O)C(S(=O)(=O)O)C(S(=O)(=O)O)=C2. The van der Waals surface area contributed by atoms with Crippen LogP contribution in [0.15, 0.2) is 31.2 Å². The number of Topliss-reactive ketones (excluding diaryl/α,β-unsaturated/α-hetero) is 1. The second kappa shape index (κ2) is 5.12. The minimum atomic E-state index is -5.10. The summed E-state index contributed by atoms with van der Waals surface area (Å²) in [6, 6.07) is 0. The summed E-state index contributed by atoms with van der Waals surface area (Å²) < 4.78 is 69.0. The van der Waals surface area contributed by atoms with Crippen molar-refractivity contribution in [1.29, 1.82) is 0 Å². The first-order valence-corrected chi connectivity index (χ1v) is 11.0. The molecule has 0 saturated heterocycles. The number of nitrogens with zero attached hydrogens (tertiary/aromatic N) is 3. The van der Waals surface area contributed by atoms with Crippen LogP contribution in [0.3, 0.4) is 0 Å². The molecule has 2 unspecified atom stereocenters. The number of allylic oxidation sites excluding steroid dienone is 2.